The maximum absolute atomic E-state index is 6.11. The Morgan fingerprint density at radius 3 is 2.61 bits per heavy atom. The summed E-state index contributed by atoms with van der Waals surface area (Å²) in [4.78, 5) is 4.65. The zero-order valence-electron chi connectivity index (χ0n) is 12.9. The maximum atomic E-state index is 6.11. The van der Waals surface area contributed by atoms with Crippen LogP contribution >= 0.6 is 0 Å². The number of methoxy groups -OCH3 is 2. The largest absolute Gasteiger partial charge is 0.496 e. The van der Waals surface area contributed by atoms with Crippen molar-refractivity contribution in [1.29, 1.82) is 0 Å². The fourth-order valence-electron chi connectivity index (χ4n) is 2.77. The molecule has 0 fully saturated rings. The van der Waals surface area contributed by atoms with E-state index in [4.69, 9.17) is 14.2 Å². The highest BCUT2D eigenvalue weighted by Crippen LogP contribution is 2.44. The molecule has 0 N–H and O–H groups in total. The molecule has 0 bridgehead atoms. The van der Waals surface area contributed by atoms with Crippen LogP contribution in [0.3, 0.4) is 0 Å². The average Bonchev–Trinajstić information content (AvgIpc) is 2.79. The highest BCUT2D eigenvalue weighted by atomic mass is 16.5. The molecule has 4 heteroatoms. The van der Waals surface area contributed by atoms with Crippen molar-refractivity contribution in [2.24, 2.45) is 4.99 Å². The van der Waals surface area contributed by atoms with E-state index in [0.717, 1.165) is 22.0 Å². The van der Waals surface area contributed by atoms with Crippen LogP contribution in [0.5, 0.6) is 23.0 Å². The summed E-state index contributed by atoms with van der Waals surface area (Å²) < 4.78 is 16.9. The molecule has 23 heavy (non-hydrogen) atoms. The standard InChI is InChI=1S/C19H15NO3/c1-21-13-9-17(22-2)15-11-20-19-14-6-4-3-5-12(14)7-8-16(19)23-18(15)10-13/h3-11H,1-2H3. The van der Waals surface area contributed by atoms with Gasteiger partial charge >= 0.3 is 0 Å². The number of hydrogen-bond acceptors (Lipinski definition) is 4. The lowest BCUT2D eigenvalue weighted by atomic mass is 10.1. The molecular weight excluding hydrogens is 290 g/mol. The van der Waals surface area contributed by atoms with Crippen LogP contribution in [-0.4, -0.2) is 20.4 Å². The molecule has 3 aromatic carbocycles. The first kappa shape index (κ1) is 13.6. The van der Waals surface area contributed by atoms with Crippen molar-refractivity contribution in [3.63, 3.8) is 0 Å². The molecule has 1 heterocycles. The molecular formula is C19H15NO3. The van der Waals surface area contributed by atoms with E-state index in [9.17, 15) is 0 Å². The van der Waals surface area contributed by atoms with Gasteiger partial charge in [-0.2, -0.15) is 0 Å². The van der Waals surface area contributed by atoms with Gasteiger partial charge < -0.3 is 14.2 Å². The molecule has 0 unspecified atom stereocenters. The molecule has 0 atom stereocenters. The van der Waals surface area contributed by atoms with Crippen LogP contribution < -0.4 is 14.2 Å². The van der Waals surface area contributed by atoms with Crippen molar-refractivity contribution in [1.82, 2.24) is 0 Å². The van der Waals surface area contributed by atoms with Gasteiger partial charge in [-0.3, -0.25) is 4.99 Å². The minimum Gasteiger partial charge on any atom is -0.496 e. The third kappa shape index (κ3) is 2.19. The minimum absolute atomic E-state index is 0.666. The molecule has 4 rings (SSSR count). The van der Waals surface area contributed by atoms with Gasteiger partial charge in [0.2, 0.25) is 0 Å². The lowest BCUT2D eigenvalue weighted by Gasteiger charge is -2.13. The fraction of sp³-hybridized carbons (Fsp3) is 0.105. The van der Waals surface area contributed by atoms with Gasteiger partial charge in [-0.05, 0) is 11.5 Å². The van der Waals surface area contributed by atoms with Gasteiger partial charge in [-0.15, -0.1) is 0 Å². The number of fused-ring (bicyclic) bond motifs is 4. The van der Waals surface area contributed by atoms with Crippen molar-refractivity contribution in [2.75, 3.05) is 14.2 Å². The van der Waals surface area contributed by atoms with E-state index in [1.165, 1.54) is 0 Å². The number of nitrogens with zero attached hydrogens (tertiary/aromatic N) is 1. The molecule has 0 radical (unpaired) electrons. The monoisotopic (exact) mass is 305 g/mol. The molecule has 0 aliphatic carbocycles. The van der Waals surface area contributed by atoms with E-state index >= 15 is 0 Å². The maximum Gasteiger partial charge on any atom is 0.153 e. The third-order valence-electron chi connectivity index (χ3n) is 3.94. The van der Waals surface area contributed by atoms with E-state index < -0.39 is 0 Å². The molecule has 4 nitrogen and oxygen atoms in total. The predicted molar refractivity (Wildman–Crippen MR) is 90.8 cm³/mol. The first-order valence-electron chi connectivity index (χ1n) is 7.30. The van der Waals surface area contributed by atoms with Gasteiger partial charge in [-0.1, -0.05) is 30.3 Å². The Bertz CT molecular complexity index is 931. The Morgan fingerprint density at radius 1 is 0.913 bits per heavy atom. The molecule has 0 saturated carbocycles. The predicted octanol–water partition coefficient (Wildman–Crippen LogP) is 4.71. The molecule has 0 aromatic heterocycles. The fourth-order valence-corrected chi connectivity index (χ4v) is 2.77. The second-order valence-corrected chi connectivity index (χ2v) is 5.24. The summed E-state index contributed by atoms with van der Waals surface area (Å²) in [7, 11) is 3.24. The number of hydrogen-bond donors (Lipinski definition) is 0. The van der Waals surface area contributed by atoms with E-state index in [1.54, 1.807) is 20.4 Å². The molecule has 114 valence electrons. The molecule has 1 aliphatic rings. The van der Waals surface area contributed by atoms with E-state index in [-0.39, 0.29) is 0 Å². The van der Waals surface area contributed by atoms with Crippen molar-refractivity contribution >= 4 is 22.7 Å². The van der Waals surface area contributed by atoms with Crippen LogP contribution in [0, 0.1) is 0 Å². The van der Waals surface area contributed by atoms with Crippen molar-refractivity contribution in [3.05, 3.63) is 54.1 Å². The summed E-state index contributed by atoms with van der Waals surface area (Å²) in [5, 5.41) is 2.18. The topological polar surface area (TPSA) is 40.0 Å². The van der Waals surface area contributed by atoms with Gasteiger partial charge in [-0.25, -0.2) is 0 Å². The number of rotatable bonds is 2. The average molecular weight is 305 g/mol. The normalized spacial score (nSPS) is 12.1. The van der Waals surface area contributed by atoms with Gasteiger partial charge in [0.15, 0.2) is 5.75 Å². The number of benzene rings is 3. The van der Waals surface area contributed by atoms with Crippen LogP contribution in [-0.2, 0) is 0 Å². The van der Waals surface area contributed by atoms with E-state index in [0.29, 0.717) is 23.0 Å². The van der Waals surface area contributed by atoms with Crippen LogP contribution in [0.25, 0.3) is 10.8 Å². The lowest BCUT2D eigenvalue weighted by Crippen LogP contribution is -1.96. The van der Waals surface area contributed by atoms with Crippen molar-refractivity contribution in [2.45, 2.75) is 0 Å². The second kappa shape index (κ2) is 5.32. The summed E-state index contributed by atoms with van der Waals surface area (Å²) >= 11 is 0. The van der Waals surface area contributed by atoms with Gasteiger partial charge in [0, 0.05) is 23.7 Å². The zero-order chi connectivity index (χ0) is 15.8. The Balaban J connectivity index is 1.95. The number of ether oxygens (including phenoxy) is 3. The van der Waals surface area contributed by atoms with Gasteiger partial charge in [0.1, 0.15) is 22.9 Å². The SMILES string of the molecule is COc1cc(OC)c2c(c1)Oc1ccc3ccccc3c1N=C2. The quantitative estimate of drug-likeness (QED) is 0.538. The molecule has 1 aliphatic heterocycles. The number of aliphatic imine (C=N–C) groups is 1. The highest BCUT2D eigenvalue weighted by Gasteiger charge is 2.18. The van der Waals surface area contributed by atoms with Crippen LogP contribution in [0.15, 0.2) is 53.5 Å². The van der Waals surface area contributed by atoms with Gasteiger partial charge in [0.25, 0.3) is 0 Å². The summed E-state index contributed by atoms with van der Waals surface area (Å²) in [5.41, 5.74) is 1.62. The lowest BCUT2D eigenvalue weighted by molar-refractivity contribution is 0.386. The summed E-state index contributed by atoms with van der Waals surface area (Å²) in [6.07, 6.45) is 1.78. The molecule has 3 aromatic rings. The van der Waals surface area contributed by atoms with E-state index in [2.05, 4.69) is 11.1 Å². The Hall–Kier alpha value is -3.01. The smallest absolute Gasteiger partial charge is 0.153 e. The summed E-state index contributed by atoms with van der Waals surface area (Å²) in [6.45, 7) is 0. The zero-order valence-corrected chi connectivity index (χ0v) is 12.9. The Morgan fingerprint density at radius 2 is 1.78 bits per heavy atom. The van der Waals surface area contributed by atoms with Crippen molar-refractivity contribution < 1.29 is 14.2 Å². The molecule has 0 saturated heterocycles. The Labute approximate surface area is 133 Å². The van der Waals surface area contributed by atoms with Crippen LogP contribution in [0.2, 0.25) is 0 Å². The third-order valence-corrected chi connectivity index (χ3v) is 3.94. The second-order valence-electron chi connectivity index (χ2n) is 5.24. The highest BCUT2D eigenvalue weighted by molar-refractivity contribution is 6.00. The minimum atomic E-state index is 0.666. The van der Waals surface area contributed by atoms with Crippen LogP contribution in [0.1, 0.15) is 5.56 Å². The molecule has 0 amide bonds. The van der Waals surface area contributed by atoms with Gasteiger partial charge in [0.05, 0.1) is 19.8 Å². The van der Waals surface area contributed by atoms with Crippen molar-refractivity contribution in [3.8, 4) is 23.0 Å². The first-order valence-corrected chi connectivity index (χ1v) is 7.30. The van der Waals surface area contributed by atoms with E-state index in [1.807, 2.05) is 42.5 Å². The summed E-state index contributed by atoms with van der Waals surface area (Å²) in [5.74, 6) is 2.73. The Kier molecular flexibility index (Phi) is 3.15. The first-order chi connectivity index (χ1) is 11.3. The summed E-state index contributed by atoms with van der Waals surface area (Å²) in [6, 6.07) is 15.8. The van der Waals surface area contributed by atoms with Crippen LogP contribution in [0.4, 0.5) is 5.69 Å². The molecule has 0 spiro atoms.